The highest BCUT2D eigenvalue weighted by molar-refractivity contribution is 6.23. The van der Waals surface area contributed by atoms with E-state index in [0.29, 0.717) is 17.8 Å². The van der Waals surface area contributed by atoms with Crippen molar-refractivity contribution in [2.45, 2.75) is 60.8 Å². The first-order chi connectivity index (χ1) is 14.3. The van der Waals surface area contributed by atoms with Crippen molar-refractivity contribution in [3.8, 4) is 0 Å². The Morgan fingerprint density at radius 3 is 1.60 bits per heavy atom. The van der Waals surface area contributed by atoms with Crippen LogP contribution in [0.3, 0.4) is 0 Å². The summed E-state index contributed by atoms with van der Waals surface area (Å²) in [5.41, 5.74) is 5.94. The van der Waals surface area contributed by atoms with Crippen molar-refractivity contribution in [1.29, 1.82) is 0 Å². The third kappa shape index (κ3) is 4.19. The van der Waals surface area contributed by atoms with E-state index in [1.807, 2.05) is 6.20 Å². The molecule has 0 radical (unpaired) electrons. The van der Waals surface area contributed by atoms with Crippen molar-refractivity contribution < 1.29 is 0 Å². The Bertz CT molecular complexity index is 1200. The molecule has 0 aliphatic rings. The molecular weight excluding hydrogens is 364 g/mol. The van der Waals surface area contributed by atoms with Gasteiger partial charge in [0.25, 0.3) is 0 Å². The zero-order valence-corrected chi connectivity index (χ0v) is 19.3. The molecule has 0 unspecified atom stereocenters. The summed E-state index contributed by atoms with van der Waals surface area (Å²) in [6.45, 7) is 13.6. The lowest BCUT2D eigenvalue weighted by Crippen LogP contribution is -2.01. The Kier molecular flexibility index (Phi) is 5.77. The van der Waals surface area contributed by atoms with Gasteiger partial charge in [-0.1, -0.05) is 65.8 Å². The van der Waals surface area contributed by atoms with Crippen LogP contribution in [0.2, 0.25) is 0 Å². The van der Waals surface area contributed by atoms with Crippen molar-refractivity contribution in [2.24, 2.45) is 17.8 Å². The number of benzene rings is 3. The molecule has 2 heteroatoms. The minimum atomic E-state index is 0.567. The van der Waals surface area contributed by atoms with Crippen molar-refractivity contribution >= 4 is 32.6 Å². The third-order valence-corrected chi connectivity index (χ3v) is 5.70. The molecule has 4 rings (SSSR count). The summed E-state index contributed by atoms with van der Waals surface area (Å²) in [5.74, 6) is 1.84. The maximum Gasteiger partial charge on any atom is 0.0975 e. The molecule has 0 N–H and O–H groups in total. The summed E-state index contributed by atoms with van der Waals surface area (Å²) >= 11 is 0. The Hall–Kier alpha value is -2.48. The maximum absolute atomic E-state index is 5.14. The maximum atomic E-state index is 5.14. The fraction of sp³-hybridized carbons (Fsp3) is 0.429. The highest BCUT2D eigenvalue weighted by atomic mass is 14.8. The van der Waals surface area contributed by atoms with Gasteiger partial charge in [0.2, 0.25) is 0 Å². The zero-order valence-electron chi connectivity index (χ0n) is 19.3. The number of rotatable bonds is 6. The van der Waals surface area contributed by atoms with Gasteiger partial charge in [0.05, 0.1) is 16.7 Å². The van der Waals surface area contributed by atoms with Gasteiger partial charge in [-0.05, 0) is 71.0 Å². The highest BCUT2D eigenvalue weighted by Crippen LogP contribution is 2.35. The summed E-state index contributed by atoms with van der Waals surface area (Å²) in [7, 11) is 0. The number of hydrogen-bond acceptors (Lipinski definition) is 2. The van der Waals surface area contributed by atoms with Gasteiger partial charge in [0, 0.05) is 17.0 Å². The summed E-state index contributed by atoms with van der Waals surface area (Å²) < 4.78 is 0. The minimum Gasteiger partial charge on any atom is -0.252 e. The van der Waals surface area contributed by atoms with Gasteiger partial charge in [0.1, 0.15) is 0 Å². The van der Waals surface area contributed by atoms with Gasteiger partial charge in [-0.2, -0.15) is 0 Å². The van der Waals surface area contributed by atoms with E-state index in [-0.39, 0.29) is 0 Å². The molecule has 0 aliphatic heterocycles. The van der Waals surface area contributed by atoms with Crippen LogP contribution in [0.5, 0.6) is 0 Å². The summed E-state index contributed by atoms with van der Waals surface area (Å²) in [6, 6.07) is 13.9. The molecule has 1 aromatic heterocycles. The molecule has 30 heavy (non-hydrogen) atoms. The predicted molar refractivity (Wildman–Crippen MR) is 130 cm³/mol. The third-order valence-electron chi connectivity index (χ3n) is 5.70. The average Bonchev–Trinajstić information content (AvgIpc) is 2.66. The quantitative estimate of drug-likeness (QED) is 0.314. The minimum absolute atomic E-state index is 0.567. The first-order valence-electron chi connectivity index (χ1n) is 11.4. The smallest absolute Gasteiger partial charge is 0.0975 e. The van der Waals surface area contributed by atoms with Gasteiger partial charge in [-0.25, -0.2) is 4.98 Å². The SMILES string of the molecule is CC(C)Cc1ccc2c3ccc(CC(C)C)cc3c3nc(CC(C)C)cnc3c2c1. The second-order valence-electron chi connectivity index (χ2n) is 10.1. The lowest BCUT2D eigenvalue weighted by Gasteiger charge is -2.14. The van der Waals surface area contributed by atoms with Gasteiger partial charge >= 0.3 is 0 Å². The molecular formula is C28H34N2. The van der Waals surface area contributed by atoms with E-state index in [1.54, 1.807) is 0 Å². The molecule has 3 aromatic carbocycles. The van der Waals surface area contributed by atoms with Crippen molar-refractivity contribution in [3.63, 3.8) is 0 Å². The van der Waals surface area contributed by atoms with Crippen LogP contribution in [0.4, 0.5) is 0 Å². The van der Waals surface area contributed by atoms with E-state index in [2.05, 4.69) is 77.9 Å². The summed E-state index contributed by atoms with van der Waals surface area (Å²) in [4.78, 5) is 10.1. The molecule has 0 fully saturated rings. The second kappa shape index (κ2) is 8.34. The first kappa shape index (κ1) is 20.8. The van der Waals surface area contributed by atoms with Crippen LogP contribution >= 0.6 is 0 Å². The summed E-state index contributed by atoms with van der Waals surface area (Å²) in [6.07, 6.45) is 5.12. The molecule has 0 atom stereocenters. The molecule has 4 aromatic rings. The van der Waals surface area contributed by atoms with E-state index in [4.69, 9.17) is 9.97 Å². The first-order valence-corrected chi connectivity index (χ1v) is 11.4. The molecule has 156 valence electrons. The molecule has 0 saturated heterocycles. The number of fused-ring (bicyclic) bond motifs is 6. The lowest BCUT2D eigenvalue weighted by atomic mass is 9.93. The topological polar surface area (TPSA) is 25.8 Å². The van der Waals surface area contributed by atoms with Gasteiger partial charge in [0.15, 0.2) is 0 Å². The molecule has 0 aliphatic carbocycles. The Labute approximate surface area is 180 Å². The van der Waals surface area contributed by atoms with Crippen molar-refractivity contribution in [2.75, 3.05) is 0 Å². The molecule has 1 heterocycles. The monoisotopic (exact) mass is 398 g/mol. The Balaban J connectivity index is 2.04. The van der Waals surface area contributed by atoms with Crippen LogP contribution in [0.1, 0.15) is 58.4 Å². The van der Waals surface area contributed by atoms with Gasteiger partial charge < -0.3 is 0 Å². The zero-order chi connectivity index (χ0) is 21.4. The van der Waals surface area contributed by atoms with E-state index in [1.165, 1.54) is 32.7 Å². The van der Waals surface area contributed by atoms with Crippen LogP contribution in [0.15, 0.2) is 42.6 Å². The Morgan fingerprint density at radius 1 is 0.600 bits per heavy atom. The van der Waals surface area contributed by atoms with Crippen molar-refractivity contribution in [3.05, 3.63) is 59.4 Å². The number of aromatic nitrogens is 2. The predicted octanol–water partition coefficient (Wildman–Crippen LogP) is 7.53. The normalized spacial score (nSPS) is 12.3. The molecule has 0 bridgehead atoms. The highest BCUT2D eigenvalue weighted by Gasteiger charge is 2.14. The molecule has 0 saturated carbocycles. The van der Waals surface area contributed by atoms with Crippen LogP contribution in [0.25, 0.3) is 32.6 Å². The van der Waals surface area contributed by atoms with E-state index >= 15 is 0 Å². The van der Waals surface area contributed by atoms with Crippen molar-refractivity contribution in [1.82, 2.24) is 9.97 Å². The fourth-order valence-electron chi connectivity index (χ4n) is 4.57. The lowest BCUT2D eigenvalue weighted by molar-refractivity contribution is 0.635. The summed E-state index contributed by atoms with van der Waals surface area (Å²) in [5, 5.41) is 5.05. The molecule has 2 nitrogen and oxygen atoms in total. The van der Waals surface area contributed by atoms with E-state index < -0.39 is 0 Å². The number of nitrogens with zero attached hydrogens (tertiary/aromatic N) is 2. The van der Waals surface area contributed by atoms with Gasteiger partial charge in [-0.15, -0.1) is 0 Å². The largest absolute Gasteiger partial charge is 0.252 e. The second-order valence-corrected chi connectivity index (χ2v) is 10.1. The molecule has 0 spiro atoms. The van der Waals surface area contributed by atoms with E-state index in [0.717, 1.165) is 36.0 Å². The van der Waals surface area contributed by atoms with E-state index in [9.17, 15) is 0 Å². The van der Waals surface area contributed by atoms with Crippen LogP contribution in [-0.2, 0) is 19.3 Å². The Morgan fingerprint density at radius 2 is 1.10 bits per heavy atom. The number of hydrogen-bond donors (Lipinski definition) is 0. The van der Waals surface area contributed by atoms with Crippen LogP contribution in [0, 0.1) is 17.8 Å². The van der Waals surface area contributed by atoms with Gasteiger partial charge in [-0.3, -0.25) is 4.98 Å². The van der Waals surface area contributed by atoms with Crippen LogP contribution < -0.4 is 0 Å². The standard InChI is InChI=1S/C28H34N2/c1-17(2)11-20-7-9-23-24-10-8-21(12-18(3)4)15-26(24)28-27(25(23)14-20)29-16-22(30-28)13-19(5)6/h7-10,14-19H,11-13H2,1-6H3. The van der Waals surface area contributed by atoms with Crippen LogP contribution in [-0.4, -0.2) is 9.97 Å². The fourth-order valence-corrected chi connectivity index (χ4v) is 4.57. The average molecular weight is 399 g/mol. The molecule has 0 amide bonds.